The Morgan fingerprint density at radius 3 is 2.80 bits per heavy atom. The first kappa shape index (κ1) is 9.90. The first-order chi connectivity index (χ1) is 7.13. The second-order valence-electron chi connectivity index (χ2n) is 3.72. The van der Waals surface area contributed by atoms with E-state index in [0.29, 0.717) is 5.69 Å². The van der Waals surface area contributed by atoms with Gasteiger partial charge < -0.3 is 0 Å². The van der Waals surface area contributed by atoms with Gasteiger partial charge in [-0.25, -0.2) is 4.98 Å². The van der Waals surface area contributed by atoms with Crippen LogP contribution in [0.5, 0.6) is 0 Å². The van der Waals surface area contributed by atoms with Crippen LogP contribution in [0.15, 0.2) is 18.3 Å². The quantitative estimate of drug-likeness (QED) is 0.701. The molecule has 0 saturated carbocycles. The molecule has 0 atom stereocenters. The molecule has 0 aliphatic carbocycles. The Bertz CT molecular complexity index is 526. The summed E-state index contributed by atoms with van der Waals surface area (Å²) < 4.78 is 1.89. The molecule has 0 N–H and O–H groups in total. The SMILES string of the molecule is CCc1ccc2nc(C)c(C(C)=O)n2c1. The van der Waals surface area contributed by atoms with E-state index in [1.165, 1.54) is 5.56 Å². The van der Waals surface area contributed by atoms with E-state index in [2.05, 4.69) is 11.9 Å². The lowest BCUT2D eigenvalue weighted by molar-refractivity contribution is 0.101. The number of carbonyl (C=O) groups is 1. The summed E-state index contributed by atoms with van der Waals surface area (Å²) >= 11 is 0. The average Bonchev–Trinajstić information content (AvgIpc) is 2.52. The third-order valence-electron chi connectivity index (χ3n) is 2.60. The smallest absolute Gasteiger partial charge is 0.178 e. The molecule has 0 saturated heterocycles. The van der Waals surface area contributed by atoms with Crippen molar-refractivity contribution in [3.05, 3.63) is 35.3 Å². The first-order valence-electron chi connectivity index (χ1n) is 5.12. The monoisotopic (exact) mass is 202 g/mol. The molecule has 0 bridgehead atoms. The van der Waals surface area contributed by atoms with E-state index >= 15 is 0 Å². The van der Waals surface area contributed by atoms with Gasteiger partial charge >= 0.3 is 0 Å². The molecule has 0 radical (unpaired) electrons. The Morgan fingerprint density at radius 2 is 2.20 bits per heavy atom. The molecular formula is C12H14N2O. The van der Waals surface area contributed by atoms with Crippen LogP contribution >= 0.6 is 0 Å². The summed E-state index contributed by atoms with van der Waals surface area (Å²) in [6.45, 7) is 5.54. The number of imidazole rings is 1. The van der Waals surface area contributed by atoms with Crippen LogP contribution in [0.4, 0.5) is 0 Å². The van der Waals surface area contributed by atoms with Gasteiger partial charge in [-0.1, -0.05) is 13.0 Å². The number of carbonyl (C=O) groups excluding carboxylic acids is 1. The van der Waals surface area contributed by atoms with E-state index in [0.717, 1.165) is 17.8 Å². The highest BCUT2D eigenvalue weighted by Crippen LogP contribution is 2.14. The van der Waals surface area contributed by atoms with Crippen LogP contribution in [0.2, 0.25) is 0 Å². The molecular weight excluding hydrogens is 188 g/mol. The summed E-state index contributed by atoms with van der Waals surface area (Å²) in [4.78, 5) is 15.8. The van der Waals surface area contributed by atoms with Crippen molar-refractivity contribution in [1.82, 2.24) is 9.38 Å². The normalized spacial score (nSPS) is 10.9. The lowest BCUT2D eigenvalue weighted by Gasteiger charge is -2.01. The molecule has 3 nitrogen and oxygen atoms in total. The summed E-state index contributed by atoms with van der Waals surface area (Å²) in [6, 6.07) is 4.00. The zero-order chi connectivity index (χ0) is 11.0. The van der Waals surface area contributed by atoms with Crippen molar-refractivity contribution >= 4 is 11.4 Å². The standard InChI is InChI=1S/C12H14N2O/c1-4-10-5-6-11-13-8(2)12(9(3)15)14(11)7-10/h5-7H,4H2,1-3H3. The Hall–Kier alpha value is -1.64. The molecule has 0 unspecified atom stereocenters. The zero-order valence-corrected chi connectivity index (χ0v) is 9.24. The van der Waals surface area contributed by atoms with Crippen molar-refractivity contribution in [2.24, 2.45) is 0 Å². The number of ketones is 1. The number of rotatable bonds is 2. The lowest BCUT2D eigenvalue weighted by Crippen LogP contribution is -2.01. The number of nitrogens with zero attached hydrogens (tertiary/aromatic N) is 2. The van der Waals surface area contributed by atoms with Gasteiger partial charge in [-0.3, -0.25) is 9.20 Å². The van der Waals surface area contributed by atoms with Crippen LogP contribution in [0.1, 0.15) is 35.6 Å². The lowest BCUT2D eigenvalue weighted by atomic mass is 10.2. The predicted octanol–water partition coefficient (Wildman–Crippen LogP) is 2.41. The maximum absolute atomic E-state index is 11.5. The van der Waals surface area contributed by atoms with E-state index in [4.69, 9.17) is 0 Å². The molecule has 2 aromatic heterocycles. The summed E-state index contributed by atoms with van der Waals surface area (Å²) in [5.41, 5.74) is 3.55. The summed E-state index contributed by atoms with van der Waals surface area (Å²) in [5.74, 6) is 0.0632. The molecule has 3 heteroatoms. The third kappa shape index (κ3) is 1.54. The zero-order valence-electron chi connectivity index (χ0n) is 9.24. The van der Waals surface area contributed by atoms with Gasteiger partial charge in [-0.05, 0) is 25.0 Å². The highest BCUT2D eigenvalue weighted by atomic mass is 16.1. The van der Waals surface area contributed by atoms with E-state index in [1.807, 2.05) is 29.7 Å². The Morgan fingerprint density at radius 1 is 1.47 bits per heavy atom. The van der Waals surface area contributed by atoms with Crippen LogP contribution in [0.25, 0.3) is 5.65 Å². The van der Waals surface area contributed by atoms with Crippen molar-refractivity contribution in [3.63, 3.8) is 0 Å². The minimum Gasteiger partial charge on any atom is -0.297 e. The van der Waals surface area contributed by atoms with Crippen molar-refractivity contribution in [2.75, 3.05) is 0 Å². The fourth-order valence-electron chi connectivity index (χ4n) is 1.84. The topological polar surface area (TPSA) is 34.4 Å². The van der Waals surface area contributed by atoms with Gasteiger partial charge in [0.15, 0.2) is 5.78 Å². The number of Topliss-reactive ketones (excluding diaryl/α,β-unsaturated/α-hetero) is 1. The van der Waals surface area contributed by atoms with Gasteiger partial charge in [0.1, 0.15) is 11.3 Å². The molecule has 78 valence electrons. The number of hydrogen-bond acceptors (Lipinski definition) is 2. The van der Waals surface area contributed by atoms with Crippen LogP contribution in [-0.2, 0) is 6.42 Å². The highest BCUT2D eigenvalue weighted by Gasteiger charge is 2.12. The summed E-state index contributed by atoms with van der Waals surface area (Å²) in [6.07, 6.45) is 2.95. The second-order valence-corrected chi connectivity index (χ2v) is 3.72. The molecule has 0 aromatic carbocycles. The molecule has 2 aromatic rings. The van der Waals surface area contributed by atoms with Crippen LogP contribution in [-0.4, -0.2) is 15.2 Å². The van der Waals surface area contributed by atoms with Crippen LogP contribution in [0.3, 0.4) is 0 Å². The van der Waals surface area contributed by atoms with E-state index in [-0.39, 0.29) is 5.78 Å². The molecule has 15 heavy (non-hydrogen) atoms. The average molecular weight is 202 g/mol. The molecule has 0 aliphatic heterocycles. The number of aryl methyl sites for hydroxylation is 2. The van der Waals surface area contributed by atoms with Crippen molar-refractivity contribution in [1.29, 1.82) is 0 Å². The van der Waals surface area contributed by atoms with E-state index in [9.17, 15) is 4.79 Å². The molecule has 0 fully saturated rings. The minimum atomic E-state index is 0.0632. The third-order valence-corrected chi connectivity index (χ3v) is 2.60. The van der Waals surface area contributed by atoms with E-state index < -0.39 is 0 Å². The molecule has 2 heterocycles. The number of hydrogen-bond donors (Lipinski definition) is 0. The fraction of sp³-hybridized carbons (Fsp3) is 0.333. The van der Waals surface area contributed by atoms with Gasteiger partial charge in [0, 0.05) is 13.1 Å². The van der Waals surface area contributed by atoms with E-state index in [1.54, 1.807) is 6.92 Å². The number of aromatic nitrogens is 2. The largest absolute Gasteiger partial charge is 0.297 e. The fourth-order valence-corrected chi connectivity index (χ4v) is 1.84. The first-order valence-corrected chi connectivity index (χ1v) is 5.12. The summed E-state index contributed by atoms with van der Waals surface area (Å²) in [5, 5.41) is 0. The predicted molar refractivity (Wildman–Crippen MR) is 59.3 cm³/mol. The van der Waals surface area contributed by atoms with Crippen LogP contribution in [0, 0.1) is 6.92 Å². The van der Waals surface area contributed by atoms with Gasteiger partial charge in [0.05, 0.1) is 5.69 Å². The molecule has 0 aliphatic rings. The Labute approximate surface area is 88.8 Å². The Kier molecular flexibility index (Phi) is 2.31. The number of pyridine rings is 1. The number of fused-ring (bicyclic) bond motifs is 1. The van der Waals surface area contributed by atoms with Gasteiger partial charge in [-0.15, -0.1) is 0 Å². The van der Waals surface area contributed by atoms with Crippen molar-refractivity contribution in [2.45, 2.75) is 27.2 Å². The van der Waals surface area contributed by atoms with Gasteiger partial charge in [0.25, 0.3) is 0 Å². The highest BCUT2D eigenvalue weighted by molar-refractivity contribution is 5.94. The molecule has 0 spiro atoms. The second kappa shape index (κ2) is 3.50. The van der Waals surface area contributed by atoms with Gasteiger partial charge in [0.2, 0.25) is 0 Å². The Balaban J connectivity index is 2.77. The summed E-state index contributed by atoms with van der Waals surface area (Å²) in [7, 11) is 0. The maximum Gasteiger partial charge on any atom is 0.178 e. The maximum atomic E-state index is 11.5. The molecule has 0 amide bonds. The minimum absolute atomic E-state index is 0.0632. The molecule has 2 rings (SSSR count). The van der Waals surface area contributed by atoms with Crippen molar-refractivity contribution < 1.29 is 4.79 Å². The van der Waals surface area contributed by atoms with Gasteiger partial charge in [-0.2, -0.15) is 0 Å². The van der Waals surface area contributed by atoms with Crippen molar-refractivity contribution in [3.8, 4) is 0 Å². The van der Waals surface area contributed by atoms with Crippen LogP contribution < -0.4 is 0 Å².